The lowest BCUT2D eigenvalue weighted by atomic mass is 9.70. The van der Waals surface area contributed by atoms with E-state index in [1.165, 1.54) is 12.3 Å². The van der Waals surface area contributed by atoms with E-state index in [1.807, 2.05) is 46.3 Å². The van der Waals surface area contributed by atoms with E-state index in [1.54, 1.807) is 18.0 Å². The van der Waals surface area contributed by atoms with E-state index < -0.39 is 22.8 Å². The summed E-state index contributed by atoms with van der Waals surface area (Å²) in [5.74, 6) is 0.0477. The first-order valence-electron chi connectivity index (χ1n) is 16.6. The van der Waals surface area contributed by atoms with Crippen molar-refractivity contribution in [3.63, 3.8) is 0 Å². The van der Waals surface area contributed by atoms with Gasteiger partial charge in [-0.3, -0.25) is 4.79 Å². The second-order valence-electron chi connectivity index (χ2n) is 14.9. The van der Waals surface area contributed by atoms with Gasteiger partial charge in [0.05, 0.1) is 5.71 Å². The highest BCUT2D eigenvalue weighted by molar-refractivity contribution is 5.99. The van der Waals surface area contributed by atoms with Crippen molar-refractivity contribution in [3.8, 4) is 5.75 Å². The SMILES string of the molecule is CC(=O)C(C)(C)Cc1cccc([C@@]2(C)CCCCC(C)(C)CCc3c(c(F)cc4[nH]ccc34)OC(C/C=C\C=N)/C2=N\N(C)C)c1. The molecule has 0 radical (unpaired) electrons. The van der Waals surface area contributed by atoms with E-state index in [4.69, 9.17) is 15.2 Å². The Kier molecular flexibility index (Phi) is 11.0. The zero-order valence-electron chi connectivity index (χ0n) is 29.1. The Balaban J connectivity index is 1.95. The Labute approximate surface area is 275 Å². The molecule has 248 valence electrons. The normalized spacial score (nSPS) is 22.0. The molecule has 0 amide bonds. The van der Waals surface area contributed by atoms with Gasteiger partial charge < -0.3 is 20.1 Å². The molecule has 2 heterocycles. The minimum atomic E-state index is -0.598. The minimum absolute atomic E-state index is 0.0710. The number of aromatic nitrogens is 1. The fourth-order valence-electron chi connectivity index (χ4n) is 6.72. The first kappa shape index (κ1) is 35.1. The maximum Gasteiger partial charge on any atom is 0.167 e. The molecule has 2 aromatic carbocycles. The molecule has 2 atom stereocenters. The number of Topliss-reactive ketones (excluding diaryl/α,β-unsaturated/α-hetero) is 1. The molecule has 7 heteroatoms. The molecule has 0 saturated carbocycles. The number of nitrogens with one attached hydrogen (secondary N) is 2. The summed E-state index contributed by atoms with van der Waals surface area (Å²) in [5, 5.41) is 15.6. The van der Waals surface area contributed by atoms with Gasteiger partial charge in [0.2, 0.25) is 0 Å². The Bertz CT molecular complexity index is 1600. The van der Waals surface area contributed by atoms with E-state index in [0.717, 1.165) is 65.4 Å². The maximum absolute atomic E-state index is 16.1. The van der Waals surface area contributed by atoms with Crippen LogP contribution in [-0.2, 0) is 23.1 Å². The summed E-state index contributed by atoms with van der Waals surface area (Å²) in [6.07, 6.45) is 12.7. The van der Waals surface area contributed by atoms with Gasteiger partial charge in [-0.2, -0.15) is 5.10 Å². The van der Waals surface area contributed by atoms with Crippen molar-refractivity contribution in [2.45, 2.75) is 104 Å². The molecule has 1 aromatic heterocycles. The number of fused-ring (bicyclic) bond motifs is 3. The first-order chi connectivity index (χ1) is 21.7. The number of hydrogen-bond acceptors (Lipinski definition) is 5. The first-order valence-corrected chi connectivity index (χ1v) is 16.6. The molecule has 0 saturated heterocycles. The number of allylic oxidation sites excluding steroid dienone is 1. The van der Waals surface area contributed by atoms with E-state index in [-0.39, 0.29) is 16.9 Å². The van der Waals surface area contributed by atoms with Crippen LogP contribution in [0.4, 0.5) is 4.39 Å². The van der Waals surface area contributed by atoms with Gasteiger partial charge in [-0.15, -0.1) is 0 Å². The van der Waals surface area contributed by atoms with Crippen molar-refractivity contribution in [2.75, 3.05) is 14.1 Å². The van der Waals surface area contributed by atoms with Gasteiger partial charge in [-0.25, -0.2) is 4.39 Å². The number of halogens is 1. The Morgan fingerprint density at radius 1 is 1.15 bits per heavy atom. The topological polar surface area (TPSA) is 81.5 Å². The molecule has 2 N–H and O–H groups in total. The number of H-pyrrole nitrogens is 1. The number of ketones is 1. The van der Waals surface area contributed by atoms with E-state index >= 15 is 4.39 Å². The molecule has 1 unspecified atom stereocenters. The Hall–Kier alpha value is -3.74. The second kappa shape index (κ2) is 14.4. The summed E-state index contributed by atoms with van der Waals surface area (Å²) in [5.41, 5.74) is 3.68. The van der Waals surface area contributed by atoms with Crippen LogP contribution in [0.3, 0.4) is 0 Å². The van der Waals surface area contributed by atoms with Crippen molar-refractivity contribution in [1.82, 2.24) is 9.99 Å². The number of benzene rings is 2. The number of hydrazone groups is 1. The molecule has 0 spiro atoms. The highest BCUT2D eigenvalue weighted by Crippen LogP contribution is 2.41. The number of nitrogens with zero attached hydrogens (tertiary/aromatic N) is 2. The number of aromatic amines is 1. The van der Waals surface area contributed by atoms with Gasteiger partial charge in [-0.05, 0) is 67.7 Å². The van der Waals surface area contributed by atoms with Gasteiger partial charge in [-0.1, -0.05) is 77.8 Å². The van der Waals surface area contributed by atoms with Crippen molar-refractivity contribution in [1.29, 1.82) is 5.41 Å². The van der Waals surface area contributed by atoms with Crippen LogP contribution in [0.1, 0.15) is 96.8 Å². The fourth-order valence-corrected chi connectivity index (χ4v) is 6.72. The highest BCUT2D eigenvalue weighted by Gasteiger charge is 2.40. The quantitative estimate of drug-likeness (QED) is 0.193. The fraction of sp³-hybridized carbons (Fsp3) is 0.513. The van der Waals surface area contributed by atoms with Crippen LogP contribution in [0, 0.1) is 22.1 Å². The molecule has 1 aliphatic rings. The molecule has 1 aliphatic heterocycles. The molecule has 4 rings (SSSR count). The predicted octanol–water partition coefficient (Wildman–Crippen LogP) is 9.22. The van der Waals surface area contributed by atoms with Gasteiger partial charge >= 0.3 is 0 Å². The Morgan fingerprint density at radius 3 is 2.59 bits per heavy atom. The minimum Gasteiger partial charge on any atom is -0.481 e. The smallest absolute Gasteiger partial charge is 0.167 e. The monoisotopic (exact) mass is 628 g/mol. The third-order valence-electron chi connectivity index (χ3n) is 9.88. The molecule has 0 aliphatic carbocycles. The summed E-state index contributed by atoms with van der Waals surface area (Å²) in [6.45, 7) is 12.5. The number of carbonyl (C=O) groups excluding carboxylic acids is 1. The lowest BCUT2D eigenvalue weighted by Crippen LogP contribution is -2.44. The van der Waals surface area contributed by atoms with Gasteiger partial charge in [0.25, 0.3) is 0 Å². The lowest BCUT2D eigenvalue weighted by Gasteiger charge is -2.37. The second-order valence-corrected chi connectivity index (χ2v) is 14.9. The van der Waals surface area contributed by atoms with Crippen LogP contribution in [0.2, 0.25) is 0 Å². The molecule has 3 aromatic rings. The number of rotatable bonds is 8. The van der Waals surface area contributed by atoms with Crippen molar-refractivity contribution in [3.05, 3.63) is 77.3 Å². The van der Waals surface area contributed by atoms with Crippen molar-refractivity contribution in [2.24, 2.45) is 15.9 Å². The number of ether oxygens (including phenoxy) is 1. The Morgan fingerprint density at radius 2 is 1.89 bits per heavy atom. The van der Waals surface area contributed by atoms with Crippen LogP contribution in [0.15, 0.2) is 59.8 Å². The largest absolute Gasteiger partial charge is 0.481 e. The van der Waals surface area contributed by atoms with E-state index in [2.05, 4.69) is 50.0 Å². The highest BCUT2D eigenvalue weighted by atomic mass is 19.1. The van der Waals surface area contributed by atoms with Crippen molar-refractivity contribution >= 4 is 28.6 Å². The van der Waals surface area contributed by atoms with E-state index in [9.17, 15) is 4.79 Å². The zero-order valence-corrected chi connectivity index (χ0v) is 29.1. The van der Waals surface area contributed by atoms with E-state index in [0.29, 0.717) is 19.3 Å². The van der Waals surface area contributed by atoms with Crippen LogP contribution in [0.25, 0.3) is 10.9 Å². The number of carbonyl (C=O) groups is 1. The van der Waals surface area contributed by atoms with Crippen molar-refractivity contribution < 1.29 is 13.9 Å². The summed E-state index contributed by atoms with van der Waals surface area (Å²) in [4.78, 5) is 15.6. The van der Waals surface area contributed by atoms with Crippen LogP contribution in [-0.4, -0.2) is 47.9 Å². The average molecular weight is 629 g/mol. The average Bonchev–Trinajstić information content (AvgIpc) is 3.45. The van der Waals surface area contributed by atoms with Gasteiger partial charge in [0.15, 0.2) is 11.6 Å². The van der Waals surface area contributed by atoms with Crippen LogP contribution >= 0.6 is 0 Å². The van der Waals surface area contributed by atoms with Crippen LogP contribution in [0.5, 0.6) is 5.75 Å². The molecule has 0 fully saturated rings. The maximum atomic E-state index is 16.1. The van der Waals surface area contributed by atoms with Gasteiger partial charge in [0, 0.05) is 66.3 Å². The molecular formula is C39H53FN4O2. The molecule has 0 bridgehead atoms. The molecule has 46 heavy (non-hydrogen) atoms. The number of hydrogen-bond donors (Lipinski definition) is 2. The lowest BCUT2D eigenvalue weighted by molar-refractivity contribution is -0.124. The molecular weight excluding hydrogens is 575 g/mol. The third-order valence-corrected chi connectivity index (χ3v) is 9.88. The molecule has 6 nitrogen and oxygen atoms in total. The summed E-state index contributed by atoms with van der Waals surface area (Å²) in [6, 6.07) is 12.1. The standard InChI is InChI=1S/C39H53FN4O2/c1-27(45)38(4,5)26-28-14-13-15-29(24-28)39(6)20-11-10-19-37(2,3)21-17-31-30-18-23-42-33(30)25-32(40)35(31)46-34(16-9-12-22-41)36(39)43-44(7)8/h9,12-15,18,22-25,34,41-42H,10-11,16-17,19-21,26H2,1-8H3/b12-9-,41-22?,43-36+/t34?,39-/m1/s1. The zero-order chi connectivity index (χ0) is 33.7. The number of aryl methyl sites for hydroxylation is 1. The summed E-state index contributed by atoms with van der Waals surface area (Å²) >= 11 is 0. The summed E-state index contributed by atoms with van der Waals surface area (Å²) in [7, 11) is 3.82. The van der Waals surface area contributed by atoms with Crippen LogP contribution < -0.4 is 4.74 Å². The summed E-state index contributed by atoms with van der Waals surface area (Å²) < 4.78 is 23.0. The third kappa shape index (κ3) is 8.15. The predicted molar refractivity (Wildman–Crippen MR) is 189 cm³/mol. The van der Waals surface area contributed by atoms with Gasteiger partial charge in [0.1, 0.15) is 11.9 Å².